The van der Waals surface area contributed by atoms with Crippen LogP contribution < -0.4 is 4.90 Å². The Labute approximate surface area is 154 Å². The van der Waals surface area contributed by atoms with E-state index in [-0.39, 0.29) is 11.7 Å². The molecule has 1 aromatic carbocycles. The van der Waals surface area contributed by atoms with Crippen LogP contribution in [0.25, 0.3) is 16.6 Å². The maximum Gasteiger partial charge on any atom is 0.251 e. The number of halogens is 1. The molecule has 0 saturated carbocycles. The van der Waals surface area contributed by atoms with Crippen LogP contribution in [-0.4, -0.2) is 22.4 Å². The third-order valence-electron chi connectivity index (χ3n) is 4.23. The van der Waals surface area contributed by atoms with Crippen molar-refractivity contribution in [1.82, 2.24) is 9.97 Å². The highest BCUT2D eigenvalue weighted by atomic mass is 32.1. The van der Waals surface area contributed by atoms with Gasteiger partial charge >= 0.3 is 0 Å². The Balaban J connectivity index is 1.50. The van der Waals surface area contributed by atoms with Gasteiger partial charge in [-0.05, 0) is 55.3 Å². The first kappa shape index (κ1) is 16.6. The van der Waals surface area contributed by atoms with Crippen molar-refractivity contribution in [3.8, 4) is 10.6 Å². The van der Waals surface area contributed by atoms with Crippen molar-refractivity contribution < 1.29 is 9.18 Å². The molecule has 2 aromatic heterocycles. The van der Waals surface area contributed by atoms with Crippen LogP contribution in [-0.2, 0) is 11.2 Å². The average Bonchev–Trinajstić information content (AvgIpc) is 3.15. The average molecular weight is 365 g/mol. The van der Waals surface area contributed by atoms with Gasteiger partial charge in [0.25, 0.3) is 5.91 Å². The van der Waals surface area contributed by atoms with E-state index in [1.165, 1.54) is 23.5 Å². The molecule has 26 heavy (non-hydrogen) atoms. The normalized spacial score (nSPS) is 13.8. The number of thiazole rings is 1. The Morgan fingerprint density at radius 1 is 1.23 bits per heavy atom. The Kier molecular flexibility index (Phi) is 4.58. The molecule has 0 fully saturated rings. The summed E-state index contributed by atoms with van der Waals surface area (Å²) in [6, 6.07) is 10.0. The van der Waals surface area contributed by atoms with Crippen LogP contribution in [0.3, 0.4) is 0 Å². The maximum atomic E-state index is 13.0. The van der Waals surface area contributed by atoms with Crippen molar-refractivity contribution in [3.63, 3.8) is 0 Å². The number of anilines is 1. The number of fused-ring (bicyclic) bond motifs is 1. The minimum Gasteiger partial charge on any atom is -0.307 e. The van der Waals surface area contributed by atoms with Crippen LogP contribution in [0.1, 0.15) is 17.8 Å². The maximum absolute atomic E-state index is 13.0. The van der Waals surface area contributed by atoms with E-state index in [1.807, 2.05) is 17.5 Å². The minimum atomic E-state index is -0.271. The topological polar surface area (TPSA) is 46.1 Å². The van der Waals surface area contributed by atoms with Gasteiger partial charge in [-0.25, -0.2) is 9.37 Å². The summed E-state index contributed by atoms with van der Waals surface area (Å²) in [5.74, 6) is -0.345. The SMILES string of the molecule is O=C(/C=C/c1csc(-c2ccc(F)cc2)n1)N1CCCc2ncccc21. The third-order valence-corrected chi connectivity index (χ3v) is 5.14. The Morgan fingerprint density at radius 2 is 2.08 bits per heavy atom. The van der Waals surface area contributed by atoms with E-state index in [9.17, 15) is 9.18 Å². The molecule has 1 amide bonds. The summed E-state index contributed by atoms with van der Waals surface area (Å²) in [6.07, 6.45) is 6.84. The Bertz CT molecular complexity index is 965. The van der Waals surface area contributed by atoms with E-state index in [0.717, 1.165) is 34.8 Å². The third kappa shape index (κ3) is 3.41. The lowest BCUT2D eigenvalue weighted by Crippen LogP contribution is -2.34. The van der Waals surface area contributed by atoms with Crippen molar-refractivity contribution in [1.29, 1.82) is 0 Å². The molecule has 0 aliphatic carbocycles. The van der Waals surface area contributed by atoms with Crippen molar-refractivity contribution >= 4 is 29.0 Å². The number of amides is 1. The van der Waals surface area contributed by atoms with Crippen molar-refractivity contribution in [2.24, 2.45) is 0 Å². The molecular weight excluding hydrogens is 349 g/mol. The monoisotopic (exact) mass is 365 g/mol. The minimum absolute atomic E-state index is 0.0738. The summed E-state index contributed by atoms with van der Waals surface area (Å²) < 4.78 is 13.0. The summed E-state index contributed by atoms with van der Waals surface area (Å²) in [5, 5.41) is 2.68. The first-order valence-electron chi connectivity index (χ1n) is 8.36. The Morgan fingerprint density at radius 3 is 2.92 bits per heavy atom. The summed E-state index contributed by atoms with van der Waals surface area (Å²) in [6.45, 7) is 0.694. The molecule has 0 unspecified atom stereocenters. The number of rotatable bonds is 3. The highest BCUT2D eigenvalue weighted by Crippen LogP contribution is 2.26. The van der Waals surface area contributed by atoms with E-state index in [2.05, 4.69) is 9.97 Å². The van der Waals surface area contributed by atoms with Crippen LogP contribution in [0.15, 0.2) is 54.1 Å². The molecule has 0 spiro atoms. The van der Waals surface area contributed by atoms with Crippen LogP contribution in [0.4, 0.5) is 10.1 Å². The number of carbonyl (C=O) groups excluding carboxylic acids is 1. The molecule has 130 valence electrons. The van der Waals surface area contributed by atoms with Gasteiger partial charge in [0.15, 0.2) is 0 Å². The van der Waals surface area contributed by atoms with Gasteiger partial charge in [0, 0.05) is 29.8 Å². The summed E-state index contributed by atoms with van der Waals surface area (Å²) in [5.41, 5.74) is 3.43. The number of benzene rings is 1. The number of hydrogen-bond donors (Lipinski definition) is 0. The molecule has 3 aromatic rings. The molecule has 1 aliphatic rings. The van der Waals surface area contributed by atoms with E-state index in [1.54, 1.807) is 35.4 Å². The molecule has 0 atom stereocenters. The first-order valence-corrected chi connectivity index (χ1v) is 9.23. The second-order valence-electron chi connectivity index (χ2n) is 5.98. The zero-order chi connectivity index (χ0) is 17.9. The fourth-order valence-electron chi connectivity index (χ4n) is 2.96. The van der Waals surface area contributed by atoms with Crippen LogP contribution in [0.5, 0.6) is 0 Å². The fraction of sp³-hybridized carbons (Fsp3) is 0.150. The molecular formula is C20H16FN3OS. The highest BCUT2D eigenvalue weighted by molar-refractivity contribution is 7.13. The van der Waals surface area contributed by atoms with E-state index < -0.39 is 0 Å². The number of hydrogen-bond acceptors (Lipinski definition) is 4. The number of nitrogens with zero attached hydrogens (tertiary/aromatic N) is 3. The number of aryl methyl sites for hydroxylation is 1. The van der Waals surface area contributed by atoms with Gasteiger partial charge in [-0.2, -0.15) is 0 Å². The molecule has 6 heteroatoms. The van der Waals surface area contributed by atoms with Gasteiger partial charge in [0.05, 0.1) is 17.1 Å². The van der Waals surface area contributed by atoms with Crippen LogP contribution in [0, 0.1) is 5.82 Å². The first-order chi connectivity index (χ1) is 12.7. The lowest BCUT2D eigenvalue weighted by atomic mass is 10.1. The molecule has 3 heterocycles. The van der Waals surface area contributed by atoms with Crippen molar-refractivity contribution in [2.75, 3.05) is 11.4 Å². The fourth-order valence-corrected chi connectivity index (χ4v) is 3.75. The zero-order valence-corrected chi connectivity index (χ0v) is 14.7. The lowest BCUT2D eigenvalue weighted by molar-refractivity contribution is -0.114. The van der Waals surface area contributed by atoms with Crippen molar-refractivity contribution in [3.05, 3.63) is 71.3 Å². The zero-order valence-electron chi connectivity index (χ0n) is 13.9. The highest BCUT2D eigenvalue weighted by Gasteiger charge is 2.21. The van der Waals surface area contributed by atoms with Crippen LogP contribution in [0.2, 0.25) is 0 Å². The standard InChI is InChI=1S/C20H16FN3OS/c21-15-7-5-14(6-8-15)20-23-16(13-26-20)9-10-19(25)24-12-2-3-17-18(24)4-1-11-22-17/h1,4-11,13H,2-3,12H2/b10-9+. The van der Waals surface area contributed by atoms with E-state index in [0.29, 0.717) is 12.2 Å². The van der Waals surface area contributed by atoms with Gasteiger partial charge in [-0.3, -0.25) is 9.78 Å². The largest absolute Gasteiger partial charge is 0.307 e. The summed E-state index contributed by atoms with van der Waals surface area (Å²) >= 11 is 1.46. The number of aromatic nitrogens is 2. The smallest absolute Gasteiger partial charge is 0.251 e. The molecule has 0 N–H and O–H groups in total. The molecule has 0 saturated heterocycles. The van der Waals surface area contributed by atoms with Crippen molar-refractivity contribution in [2.45, 2.75) is 12.8 Å². The molecule has 1 aliphatic heterocycles. The predicted molar refractivity (Wildman–Crippen MR) is 101 cm³/mol. The van der Waals surface area contributed by atoms with Gasteiger partial charge in [0.2, 0.25) is 0 Å². The van der Waals surface area contributed by atoms with E-state index in [4.69, 9.17) is 0 Å². The predicted octanol–water partition coefficient (Wildman–Crippen LogP) is 4.34. The lowest BCUT2D eigenvalue weighted by Gasteiger charge is -2.27. The Hall–Kier alpha value is -2.86. The van der Waals surface area contributed by atoms with Crippen LogP contribution >= 0.6 is 11.3 Å². The number of pyridine rings is 1. The molecule has 4 rings (SSSR count). The molecule has 4 nitrogen and oxygen atoms in total. The quantitative estimate of drug-likeness (QED) is 0.649. The van der Waals surface area contributed by atoms with Gasteiger partial charge in [-0.1, -0.05) is 0 Å². The molecule has 0 bridgehead atoms. The second-order valence-corrected chi connectivity index (χ2v) is 6.84. The molecule has 0 radical (unpaired) electrons. The van der Waals surface area contributed by atoms with Gasteiger partial charge in [-0.15, -0.1) is 11.3 Å². The van der Waals surface area contributed by atoms with Gasteiger partial charge < -0.3 is 4.90 Å². The summed E-state index contributed by atoms with van der Waals surface area (Å²) in [4.78, 5) is 23.2. The number of carbonyl (C=O) groups is 1. The second kappa shape index (κ2) is 7.17. The van der Waals surface area contributed by atoms with E-state index >= 15 is 0 Å². The van der Waals surface area contributed by atoms with Gasteiger partial charge in [0.1, 0.15) is 10.8 Å². The summed E-state index contributed by atoms with van der Waals surface area (Å²) in [7, 11) is 0.